The van der Waals surface area contributed by atoms with Crippen molar-refractivity contribution in [1.29, 1.82) is 0 Å². The van der Waals surface area contributed by atoms with Crippen LogP contribution in [0.2, 0.25) is 0 Å². The average Bonchev–Trinajstić information content (AvgIpc) is 2.28. The zero-order valence-electron chi connectivity index (χ0n) is 9.10. The second-order valence-electron chi connectivity index (χ2n) is 3.82. The van der Waals surface area contributed by atoms with Crippen molar-refractivity contribution in [3.8, 4) is 0 Å². The Morgan fingerprint density at radius 2 is 1.44 bits per heavy atom. The molecule has 0 radical (unpaired) electrons. The molecule has 0 saturated heterocycles. The molecule has 2 aromatic heterocycles. The number of hydrogen-bond acceptors (Lipinski definition) is 4. The molecule has 4 heteroatoms. The zero-order valence-corrected chi connectivity index (χ0v) is 9.10. The van der Waals surface area contributed by atoms with Gasteiger partial charge in [-0.3, -0.25) is 9.97 Å². The van der Waals surface area contributed by atoms with Crippen LogP contribution in [-0.2, 0) is 0 Å². The molecule has 0 N–H and O–H groups in total. The van der Waals surface area contributed by atoms with E-state index in [9.17, 15) is 0 Å². The molecule has 16 heavy (non-hydrogen) atoms. The molecule has 0 saturated carbocycles. The summed E-state index contributed by atoms with van der Waals surface area (Å²) in [5.74, 6) is 0. The maximum Gasteiger partial charge on any atom is 0.117 e. The van der Waals surface area contributed by atoms with E-state index >= 15 is 0 Å². The normalized spacial score (nSPS) is 11.1. The van der Waals surface area contributed by atoms with Crippen LogP contribution >= 0.6 is 0 Å². The Labute approximate surface area is 92.4 Å². The number of fused-ring (bicyclic) bond motifs is 3. The van der Waals surface area contributed by atoms with Crippen LogP contribution in [0.1, 0.15) is 11.4 Å². The summed E-state index contributed by atoms with van der Waals surface area (Å²) in [6, 6.07) is 3.86. The number of benzene rings is 1. The van der Waals surface area contributed by atoms with Gasteiger partial charge in [0, 0.05) is 12.4 Å². The number of hydrogen-bond donors (Lipinski definition) is 0. The van der Waals surface area contributed by atoms with E-state index in [1.165, 1.54) is 0 Å². The quantitative estimate of drug-likeness (QED) is 0.534. The van der Waals surface area contributed by atoms with Crippen LogP contribution in [-0.4, -0.2) is 19.9 Å². The molecule has 78 valence electrons. The highest BCUT2D eigenvalue weighted by Crippen LogP contribution is 2.19. The van der Waals surface area contributed by atoms with Gasteiger partial charge in [-0.05, 0) is 26.0 Å². The third-order valence-corrected chi connectivity index (χ3v) is 2.46. The molecule has 4 nitrogen and oxygen atoms in total. The van der Waals surface area contributed by atoms with E-state index in [2.05, 4.69) is 19.9 Å². The maximum absolute atomic E-state index is 4.47. The minimum absolute atomic E-state index is 0.819. The van der Waals surface area contributed by atoms with Crippen LogP contribution in [0.25, 0.3) is 22.1 Å². The standard InChI is InChI=1S/C12H10N4/c1-7-6-14-11-10(15-7)4-3-9-12(11)16-8(2)5-13-9/h3-6H,1-2H3. The van der Waals surface area contributed by atoms with Crippen LogP contribution < -0.4 is 0 Å². The average molecular weight is 210 g/mol. The first-order valence-corrected chi connectivity index (χ1v) is 5.10. The van der Waals surface area contributed by atoms with Gasteiger partial charge in [0.15, 0.2) is 0 Å². The fourth-order valence-corrected chi connectivity index (χ4v) is 1.74. The van der Waals surface area contributed by atoms with Crippen molar-refractivity contribution >= 4 is 22.1 Å². The van der Waals surface area contributed by atoms with E-state index in [1.54, 1.807) is 12.4 Å². The summed E-state index contributed by atoms with van der Waals surface area (Å²) in [5, 5.41) is 0. The highest BCUT2D eigenvalue weighted by atomic mass is 14.9. The second-order valence-corrected chi connectivity index (χ2v) is 3.82. The lowest BCUT2D eigenvalue weighted by atomic mass is 10.2. The SMILES string of the molecule is Cc1cnc2c(ccc3ncc(C)nc32)n1. The Morgan fingerprint density at radius 3 is 2.31 bits per heavy atom. The first kappa shape index (κ1) is 9.15. The van der Waals surface area contributed by atoms with Crippen molar-refractivity contribution in [3.63, 3.8) is 0 Å². The van der Waals surface area contributed by atoms with Crippen LogP contribution in [0, 0.1) is 13.8 Å². The number of aromatic nitrogens is 4. The summed E-state index contributed by atoms with van der Waals surface area (Å²) in [6.07, 6.45) is 3.52. The van der Waals surface area contributed by atoms with Gasteiger partial charge < -0.3 is 0 Å². The molecule has 0 aliphatic heterocycles. The van der Waals surface area contributed by atoms with E-state index in [0.29, 0.717) is 0 Å². The Kier molecular flexibility index (Phi) is 1.83. The summed E-state index contributed by atoms with van der Waals surface area (Å²) in [5.41, 5.74) is 5.17. The number of aryl methyl sites for hydroxylation is 2. The van der Waals surface area contributed by atoms with Crippen molar-refractivity contribution < 1.29 is 0 Å². The number of nitrogens with zero attached hydrogens (tertiary/aromatic N) is 4. The first-order chi connectivity index (χ1) is 7.74. The molecule has 0 fully saturated rings. The molecule has 2 heterocycles. The number of rotatable bonds is 0. The van der Waals surface area contributed by atoms with Crippen LogP contribution in [0.3, 0.4) is 0 Å². The van der Waals surface area contributed by atoms with Gasteiger partial charge in [0.05, 0.1) is 22.4 Å². The third kappa shape index (κ3) is 1.31. The first-order valence-electron chi connectivity index (χ1n) is 5.10. The molecule has 0 aliphatic carbocycles. The fourth-order valence-electron chi connectivity index (χ4n) is 1.74. The Hall–Kier alpha value is -2.10. The maximum atomic E-state index is 4.47. The summed E-state index contributed by atoms with van der Waals surface area (Å²) < 4.78 is 0. The Balaban J connectivity index is 2.52. The monoisotopic (exact) mass is 210 g/mol. The minimum atomic E-state index is 0.819. The van der Waals surface area contributed by atoms with Gasteiger partial charge in [0.25, 0.3) is 0 Å². The van der Waals surface area contributed by atoms with Crippen molar-refractivity contribution in [2.45, 2.75) is 13.8 Å². The molecule has 0 atom stereocenters. The molecule has 3 aromatic rings. The van der Waals surface area contributed by atoms with Crippen molar-refractivity contribution in [2.24, 2.45) is 0 Å². The molecule has 1 aromatic carbocycles. The van der Waals surface area contributed by atoms with Crippen molar-refractivity contribution in [3.05, 3.63) is 35.9 Å². The van der Waals surface area contributed by atoms with Gasteiger partial charge in [-0.15, -0.1) is 0 Å². The lowest BCUT2D eigenvalue weighted by Gasteiger charge is -2.02. The van der Waals surface area contributed by atoms with Gasteiger partial charge >= 0.3 is 0 Å². The van der Waals surface area contributed by atoms with Crippen LogP contribution in [0.5, 0.6) is 0 Å². The van der Waals surface area contributed by atoms with Crippen molar-refractivity contribution in [1.82, 2.24) is 19.9 Å². The minimum Gasteiger partial charge on any atom is -0.253 e. The predicted molar refractivity (Wildman–Crippen MR) is 62.1 cm³/mol. The Morgan fingerprint density at radius 1 is 0.750 bits per heavy atom. The lowest BCUT2D eigenvalue weighted by Crippen LogP contribution is -1.93. The fraction of sp³-hybridized carbons (Fsp3) is 0.167. The van der Waals surface area contributed by atoms with Gasteiger partial charge in [-0.2, -0.15) is 0 Å². The predicted octanol–water partition coefficient (Wildman–Crippen LogP) is 2.19. The van der Waals surface area contributed by atoms with Crippen LogP contribution in [0.15, 0.2) is 24.5 Å². The lowest BCUT2D eigenvalue weighted by molar-refractivity contribution is 1.16. The van der Waals surface area contributed by atoms with Gasteiger partial charge in [0.1, 0.15) is 11.0 Å². The third-order valence-electron chi connectivity index (χ3n) is 2.46. The molecular formula is C12H10N4. The van der Waals surface area contributed by atoms with Crippen LogP contribution in [0.4, 0.5) is 0 Å². The molecule has 0 bridgehead atoms. The largest absolute Gasteiger partial charge is 0.253 e. The highest BCUT2D eigenvalue weighted by Gasteiger charge is 2.05. The summed E-state index contributed by atoms with van der Waals surface area (Å²) in [6.45, 7) is 3.85. The van der Waals surface area contributed by atoms with E-state index < -0.39 is 0 Å². The smallest absolute Gasteiger partial charge is 0.117 e. The Bertz CT molecular complexity index is 691. The summed E-state index contributed by atoms with van der Waals surface area (Å²) in [4.78, 5) is 17.6. The highest BCUT2D eigenvalue weighted by molar-refractivity contribution is 5.99. The summed E-state index contributed by atoms with van der Waals surface area (Å²) >= 11 is 0. The molecule has 0 amide bonds. The van der Waals surface area contributed by atoms with E-state index in [1.807, 2.05) is 26.0 Å². The van der Waals surface area contributed by atoms with Crippen molar-refractivity contribution in [2.75, 3.05) is 0 Å². The molecule has 3 rings (SSSR count). The van der Waals surface area contributed by atoms with E-state index in [4.69, 9.17) is 0 Å². The van der Waals surface area contributed by atoms with E-state index in [-0.39, 0.29) is 0 Å². The second kappa shape index (κ2) is 3.20. The molecular weight excluding hydrogens is 200 g/mol. The zero-order chi connectivity index (χ0) is 11.1. The van der Waals surface area contributed by atoms with Gasteiger partial charge in [-0.1, -0.05) is 0 Å². The molecule has 0 aliphatic rings. The molecule has 0 unspecified atom stereocenters. The topological polar surface area (TPSA) is 51.6 Å². The van der Waals surface area contributed by atoms with Gasteiger partial charge in [-0.25, -0.2) is 9.97 Å². The van der Waals surface area contributed by atoms with E-state index in [0.717, 1.165) is 33.5 Å². The van der Waals surface area contributed by atoms with Gasteiger partial charge in [0.2, 0.25) is 0 Å². The summed E-state index contributed by atoms with van der Waals surface area (Å²) in [7, 11) is 0. The molecule has 0 spiro atoms.